The number of carboxylic acid groups (broad SMARTS) is 1. The Kier molecular flexibility index (Phi) is 3.94. The van der Waals surface area contributed by atoms with Crippen LogP contribution in [0.4, 0.5) is 5.88 Å². The summed E-state index contributed by atoms with van der Waals surface area (Å²) in [6, 6.07) is 0. The smallest absolute Gasteiger partial charge is 0.306 e. The van der Waals surface area contributed by atoms with Gasteiger partial charge in [0.1, 0.15) is 5.88 Å². The molecule has 0 amide bonds. The van der Waals surface area contributed by atoms with Gasteiger partial charge in [0.15, 0.2) is 0 Å². The van der Waals surface area contributed by atoms with E-state index in [1.165, 1.54) is 11.0 Å². The maximum Gasteiger partial charge on any atom is 0.306 e. The molecular weight excluding hydrogens is 236 g/mol. The molecule has 0 bridgehead atoms. The minimum atomic E-state index is -0.735. The van der Waals surface area contributed by atoms with Crippen LogP contribution in [0.2, 0.25) is 0 Å². The van der Waals surface area contributed by atoms with Crippen LogP contribution in [0.1, 0.15) is 12.8 Å². The van der Waals surface area contributed by atoms with E-state index >= 15 is 0 Å². The number of halogens is 1. The highest BCUT2D eigenvalue weighted by atomic mass is 35.5. The van der Waals surface area contributed by atoms with Crippen molar-refractivity contribution in [2.45, 2.75) is 12.8 Å². The highest BCUT2D eigenvalue weighted by molar-refractivity contribution is 5.85. The van der Waals surface area contributed by atoms with Gasteiger partial charge in [0, 0.05) is 0 Å². The number of carbonyl (C=O) groups is 1. The summed E-state index contributed by atoms with van der Waals surface area (Å²) in [5.41, 5.74) is 7.17. The minimum Gasteiger partial charge on any atom is -0.660 e. The summed E-state index contributed by atoms with van der Waals surface area (Å²) in [6.45, 7) is 1.24. The van der Waals surface area contributed by atoms with Crippen molar-refractivity contribution in [3.63, 3.8) is 0 Å². The number of rotatable bonds is 2. The van der Waals surface area contributed by atoms with E-state index in [1.807, 2.05) is 5.01 Å². The number of nitrogens with zero attached hydrogens (tertiary/aromatic N) is 3. The Balaban J connectivity index is 0.00000128. The molecule has 1 saturated heterocycles. The molecule has 2 rings (SSSR count). The highest BCUT2D eigenvalue weighted by Crippen LogP contribution is 2.14. The molecule has 0 spiro atoms. The second-order valence-corrected chi connectivity index (χ2v) is 3.55. The zero-order valence-electron chi connectivity index (χ0n) is 8.50. The molecule has 1 aliphatic rings. The number of piperidine rings is 1. The van der Waals surface area contributed by atoms with Crippen LogP contribution in [-0.2, 0) is 4.79 Å². The Labute approximate surface area is 98.2 Å². The molecule has 1 fully saturated rings. The van der Waals surface area contributed by atoms with Crippen molar-refractivity contribution in [1.29, 1.82) is 0 Å². The van der Waals surface area contributed by atoms with E-state index < -0.39 is 5.97 Å². The molecule has 2 N–H and O–H groups in total. The van der Waals surface area contributed by atoms with E-state index in [0.717, 1.165) is 0 Å². The number of aromatic nitrogens is 2. The monoisotopic (exact) mass is 248 g/mol. The van der Waals surface area contributed by atoms with Gasteiger partial charge in [-0.3, -0.25) is 4.79 Å². The lowest BCUT2D eigenvalue weighted by atomic mass is 9.98. The molecule has 0 aromatic carbocycles. The molecular formula is C8H13ClN4O3. The van der Waals surface area contributed by atoms with Crippen LogP contribution in [0.5, 0.6) is 0 Å². The van der Waals surface area contributed by atoms with Crippen LogP contribution in [0.25, 0.3) is 5.73 Å². The Bertz CT molecular complexity index is 362. The molecule has 0 unspecified atom stereocenters. The van der Waals surface area contributed by atoms with Crippen molar-refractivity contribution in [3.05, 3.63) is 11.9 Å². The number of hydrogen-bond acceptors (Lipinski definition) is 4. The van der Waals surface area contributed by atoms with Crippen LogP contribution in [0, 0.1) is 5.92 Å². The van der Waals surface area contributed by atoms with E-state index in [2.05, 4.69) is 9.79 Å². The lowest BCUT2D eigenvalue weighted by molar-refractivity contribution is -0.759. The first-order chi connectivity index (χ1) is 7.16. The van der Waals surface area contributed by atoms with E-state index in [4.69, 9.17) is 10.8 Å². The summed E-state index contributed by atoms with van der Waals surface area (Å²) in [7, 11) is 0. The fraction of sp³-hybridized carbons (Fsp3) is 0.625. The van der Waals surface area contributed by atoms with Gasteiger partial charge in [-0.2, -0.15) is 5.01 Å². The van der Waals surface area contributed by atoms with E-state index in [1.54, 1.807) is 0 Å². The first-order valence-electron chi connectivity index (χ1n) is 4.75. The quantitative estimate of drug-likeness (QED) is 0.769. The molecule has 7 nitrogen and oxygen atoms in total. The van der Waals surface area contributed by atoms with Crippen molar-refractivity contribution in [1.82, 2.24) is 5.27 Å². The molecule has 2 heterocycles. The second-order valence-electron chi connectivity index (χ2n) is 3.55. The third-order valence-corrected chi connectivity index (χ3v) is 2.57. The standard InChI is InChI=1S/C8H12N4O3.ClH/c9-7-5-12(10-15-7)11-3-1-6(2-4-11)8(13)14;/h5-6H,1-4H2,(H2-,9,10,13,14);1H. The van der Waals surface area contributed by atoms with Crippen LogP contribution < -0.4 is 9.80 Å². The van der Waals surface area contributed by atoms with Gasteiger partial charge in [-0.1, -0.05) is 0 Å². The fourth-order valence-electron chi connectivity index (χ4n) is 1.69. The van der Waals surface area contributed by atoms with Crippen molar-refractivity contribution < 1.29 is 19.2 Å². The Morgan fingerprint density at radius 1 is 1.62 bits per heavy atom. The molecule has 0 saturated carbocycles. The lowest BCUT2D eigenvalue weighted by Crippen LogP contribution is -2.61. The molecule has 1 aromatic heterocycles. The van der Waals surface area contributed by atoms with Gasteiger partial charge in [0.2, 0.25) is 5.27 Å². The molecule has 8 heteroatoms. The highest BCUT2D eigenvalue weighted by Gasteiger charge is 2.29. The van der Waals surface area contributed by atoms with Gasteiger partial charge in [0.05, 0.1) is 23.8 Å². The Morgan fingerprint density at radius 3 is 2.69 bits per heavy atom. The van der Waals surface area contributed by atoms with E-state index in [9.17, 15) is 4.79 Å². The van der Waals surface area contributed by atoms with Crippen LogP contribution >= 0.6 is 12.4 Å². The van der Waals surface area contributed by atoms with Gasteiger partial charge in [-0.05, 0) is 12.8 Å². The predicted molar refractivity (Wildman–Crippen MR) is 56.2 cm³/mol. The fourth-order valence-corrected chi connectivity index (χ4v) is 1.69. The zero-order chi connectivity index (χ0) is 10.8. The normalized spacial score (nSPS) is 16.9. The third-order valence-electron chi connectivity index (χ3n) is 2.57. The SMILES string of the molecule is Cl.[NH-]c1c[n+](N2CCC(C(=O)O)CC2)no1. The average molecular weight is 249 g/mol. The Morgan fingerprint density at radius 2 is 2.25 bits per heavy atom. The van der Waals surface area contributed by atoms with Crippen LogP contribution in [0.3, 0.4) is 0 Å². The largest absolute Gasteiger partial charge is 0.660 e. The van der Waals surface area contributed by atoms with Crippen molar-refractivity contribution in [3.8, 4) is 0 Å². The lowest BCUT2D eigenvalue weighted by Gasteiger charge is -2.23. The molecule has 0 aliphatic carbocycles. The minimum absolute atomic E-state index is 0. The maximum absolute atomic E-state index is 10.7. The van der Waals surface area contributed by atoms with Crippen LogP contribution in [-0.4, -0.2) is 29.4 Å². The number of nitrogens with one attached hydrogen (secondary N) is 1. The molecule has 1 aromatic rings. The summed E-state index contributed by atoms with van der Waals surface area (Å²) < 4.78 is 4.61. The van der Waals surface area contributed by atoms with Gasteiger partial charge < -0.3 is 15.4 Å². The summed E-state index contributed by atoms with van der Waals surface area (Å²) in [4.78, 5) is 12.2. The molecule has 0 atom stereocenters. The van der Waals surface area contributed by atoms with E-state index in [-0.39, 0.29) is 24.2 Å². The van der Waals surface area contributed by atoms with Gasteiger partial charge in [-0.25, -0.2) is 0 Å². The van der Waals surface area contributed by atoms with Crippen molar-refractivity contribution >= 4 is 24.3 Å². The summed E-state index contributed by atoms with van der Waals surface area (Å²) in [5.74, 6) is -0.999. The number of hydrogen-bond donors (Lipinski definition) is 1. The predicted octanol–water partition coefficient (Wildman–Crippen LogP) is 0.500. The number of aliphatic carboxylic acids is 1. The Hall–Kier alpha value is -1.50. The third kappa shape index (κ3) is 2.54. The maximum atomic E-state index is 10.7. The first kappa shape index (κ1) is 12.6. The van der Waals surface area contributed by atoms with Crippen LogP contribution in [0.15, 0.2) is 10.7 Å². The van der Waals surface area contributed by atoms with Gasteiger partial charge >= 0.3 is 5.97 Å². The molecule has 1 aliphatic heterocycles. The summed E-state index contributed by atoms with van der Waals surface area (Å²) in [5, 5.41) is 14.3. The van der Waals surface area contributed by atoms with Gasteiger partial charge in [-0.15, -0.1) is 12.4 Å². The topological polar surface area (TPSA) is 94.2 Å². The van der Waals surface area contributed by atoms with Crippen molar-refractivity contribution in [2.75, 3.05) is 18.1 Å². The molecule has 0 radical (unpaired) electrons. The van der Waals surface area contributed by atoms with Gasteiger partial charge in [0.25, 0.3) is 6.20 Å². The zero-order valence-corrected chi connectivity index (χ0v) is 9.31. The average Bonchev–Trinajstić information content (AvgIpc) is 2.65. The number of carboxylic acids is 1. The second kappa shape index (κ2) is 5.02. The van der Waals surface area contributed by atoms with Crippen molar-refractivity contribution in [2.24, 2.45) is 5.92 Å². The molecule has 90 valence electrons. The first-order valence-corrected chi connectivity index (χ1v) is 4.75. The molecule has 16 heavy (non-hydrogen) atoms. The summed E-state index contributed by atoms with van der Waals surface area (Å²) in [6.07, 6.45) is 2.66. The van der Waals surface area contributed by atoms with E-state index in [0.29, 0.717) is 25.9 Å². The summed E-state index contributed by atoms with van der Waals surface area (Å²) >= 11 is 0.